The van der Waals surface area contributed by atoms with Gasteiger partial charge in [-0.2, -0.15) is 0 Å². The summed E-state index contributed by atoms with van der Waals surface area (Å²) >= 11 is 0. The van der Waals surface area contributed by atoms with E-state index in [0.717, 1.165) is 17.9 Å². The molecule has 1 heterocycles. The molecule has 4 nitrogen and oxygen atoms in total. The van der Waals surface area contributed by atoms with Crippen LogP contribution in [-0.4, -0.2) is 37.2 Å². The summed E-state index contributed by atoms with van der Waals surface area (Å²) in [6.07, 6.45) is 0. The monoisotopic (exact) mass is 234 g/mol. The highest BCUT2D eigenvalue weighted by Crippen LogP contribution is 2.25. The zero-order valence-electron chi connectivity index (χ0n) is 10.7. The highest BCUT2D eigenvalue weighted by Gasteiger charge is 2.30. The number of para-hydroxylation sites is 1. The number of hydrazone groups is 1. The fourth-order valence-corrected chi connectivity index (χ4v) is 1.99. The van der Waals surface area contributed by atoms with Gasteiger partial charge in [-0.15, -0.1) is 5.10 Å². The van der Waals surface area contributed by atoms with E-state index in [-0.39, 0.29) is 5.60 Å². The molecule has 0 bridgehead atoms. The molecule has 0 saturated heterocycles. The van der Waals surface area contributed by atoms with Crippen LogP contribution in [0, 0.1) is 0 Å². The third-order valence-corrected chi connectivity index (χ3v) is 2.58. The van der Waals surface area contributed by atoms with E-state index >= 15 is 0 Å². The van der Waals surface area contributed by atoms with Crippen molar-refractivity contribution in [1.82, 2.24) is 5.01 Å². The minimum atomic E-state index is -0.243. The second-order valence-corrected chi connectivity index (χ2v) is 4.78. The molecule has 0 radical (unpaired) electrons. The van der Waals surface area contributed by atoms with Gasteiger partial charge in [0, 0.05) is 7.05 Å². The summed E-state index contributed by atoms with van der Waals surface area (Å²) in [5.74, 6) is 1.39. The first-order chi connectivity index (χ1) is 8.02. The van der Waals surface area contributed by atoms with Crippen LogP contribution in [0.4, 0.5) is 0 Å². The molecular formula is C13H18N2O2. The molecule has 0 saturated carbocycles. The largest absolute Gasteiger partial charge is 0.496 e. The molecule has 1 aromatic rings. The Hall–Kier alpha value is -1.71. The van der Waals surface area contributed by atoms with Gasteiger partial charge in [0.05, 0.1) is 19.2 Å². The summed E-state index contributed by atoms with van der Waals surface area (Å²) in [6.45, 7) is 4.87. The van der Waals surface area contributed by atoms with Crippen molar-refractivity contribution in [3.05, 3.63) is 29.8 Å². The van der Waals surface area contributed by atoms with Gasteiger partial charge in [0.25, 0.3) is 0 Å². The highest BCUT2D eigenvalue weighted by atomic mass is 16.5. The minimum Gasteiger partial charge on any atom is -0.496 e. The van der Waals surface area contributed by atoms with Crippen LogP contribution in [0.5, 0.6) is 5.75 Å². The van der Waals surface area contributed by atoms with Gasteiger partial charge in [-0.25, -0.2) is 0 Å². The fraction of sp³-hybridized carbons (Fsp3) is 0.462. The number of methoxy groups -OCH3 is 1. The van der Waals surface area contributed by atoms with Crippen molar-refractivity contribution < 1.29 is 9.47 Å². The van der Waals surface area contributed by atoms with E-state index < -0.39 is 0 Å². The van der Waals surface area contributed by atoms with E-state index in [1.165, 1.54) is 0 Å². The lowest BCUT2D eigenvalue weighted by Gasteiger charge is -2.35. The van der Waals surface area contributed by atoms with Gasteiger partial charge in [0.1, 0.15) is 11.4 Å². The van der Waals surface area contributed by atoms with Gasteiger partial charge in [0.15, 0.2) is 0 Å². The zero-order chi connectivity index (χ0) is 12.5. The first kappa shape index (κ1) is 11.8. The van der Waals surface area contributed by atoms with Gasteiger partial charge >= 0.3 is 0 Å². The lowest BCUT2D eigenvalue weighted by molar-refractivity contribution is 0.0322. The van der Waals surface area contributed by atoms with Gasteiger partial charge in [0.2, 0.25) is 5.90 Å². The summed E-state index contributed by atoms with van der Waals surface area (Å²) in [7, 11) is 3.59. The van der Waals surface area contributed by atoms with Crippen molar-refractivity contribution in [3.63, 3.8) is 0 Å². The van der Waals surface area contributed by atoms with Crippen LogP contribution in [0.1, 0.15) is 19.4 Å². The molecule has 1 aliphatic heterocycles. The Balaban J connectivity index is 2.39. The highest BCUT2D eigenvalue weighted by molar-refractivity contribution is 5.97. The molecule has 1 aliphatic rings. The van der Waals surface area contributed by atoms with Crippen LogP contribution < -0.4 is 4.74 Å². The third kappa shape index (κ3) is 2.52. The molecule has 0 spiro atoms. The van der Waals surface area contributed by atoms with Crippen LogP contribution >= 0.6 is 0 Å². The molecule has 17 heavy (non-hydrogen) atoms. The number of nitrogens with zero attached hydrogens (tertiary/aromatic N) is 2. The SMILES string of the molecule is COc1ccccc1C1=NN(C)CC(C)(C)O1. The lowest BCUT2D eigenvalue weighted by Crippen LogP contribution is -2.43. The van der Waals surface area contributed by atoms with Crippen molar-refractivity contribution in [2.24, 2.45) is 5.10 Å². The Morgan fingerprint density at radius 2 is 2.06 bits per heavy atom. The van der Waals surface area contributed by atoms with Crippen molar-refractivity contribution >= 4 is 5.90 Å². The average molecular weight is 234 g/mol. The van der Waals surface area contributed by atoms with E-state index in [4.69, 9.17) is 9.47 Å². The summed E-state index contributed by atoms with van der Waals surface area (Å²) in [4.78, 5) is 0. The Morgan fingerprint density at radius 1 is 1.35 bits per heavy atom. The molecular weight excluding hydrogens is 216 g/mol. The number of hydrogen-bond donors (Lipinski definition) is 0. The summed E-state index contributed by atoms with van der Waals surface area (Å²) in [6, 6.07) is 7.74. The van der Waals surface area contributed by atoms with Crippen LogP contribution in [0.15, 0.2) is 29.4 Å². The van der Waals surface area contributed by atoms with Gasteiger partial charge < -0.3 is 9.47 Å². The number of likely N-dealkylation sites (N-methyl/N-ethyl adjacent to an activating group) is 1. The minimum absolute atomic E-state index is 0.243. The van der Waals surface area contributed by atoms with Crippen molar-refractivity contribution in [2.45, 2.75) is 19.4 Å². The maximum Gasteiger partial charge on any atom is 0.242 e. The molecule has 0 amide bonds. The van der Waals surface area contributed by atoms with E-state index in [1.807, 2.05) is 50.2 Å². The fourth-order valence-electron chi connectivity index (χ4n) is 1.99. The molecule has 0 N–H and O–H groups in total. The van der Waals surface area contributed by atoms with Crippen LogP contribution in [0.25, 0.3) is 0 Å². The summed E-state index contributed by atoms with van der Waals surface area (Å²) in [5, 5.41) is 6.30. The van der Waals surface area contributed by atoms with Crippen LogP contribution in [-0.2, 0) is 4.74 Å². The molecule has 0 fully saturated rings. The van der Waals surface area contributed by atoms with Crippen molar-refractivity contribution in [2.75, 3.05) is 20.7 Å². The molecule has 4 heteroatoms. The molecule has 0 unspecified atom stereocenters. The average Bonchev–Trinajstić information content (AvgIpc) is 2.26. The number of rotatable bonds is 2. The Kier molecular flexibility index (Phi) is 2.96. The molecule has 2 rings (SSSR count). The van der Waals surface area contributed by atoms with Gasteiger partial charge in [-0.1, -0.05) is 12.1 Å². The molecule has 1 aromatic carbocycles. The molecule has 92 valence electrons. The van der Waals surface area contributed by atoms with E-state index in [1.54, 1.807) is 7.11 Å². The van der Waals surface area contributed by atoms with Crippen LogP contribution in [0.3, 0.4) is 0 Å². The Morgan fingerprint density at radius 3 is 2.71 bits per heavy atom. The lowest BCUT2D eigenvalue weighted by atomic mass is 10.1. The zero-order valence-corrected chi connectivity index (χ0v) is 10.7. The quantitative estimate of drug-likeness (QED) is 0.786. The summed E-state index contributed by atoms with van der Waals surface area (Å²) < 4.78 is 11.2. The first-order valence-corrected chi connectivity index (χ1v) is 5.64. The Labute approximate surface area is 102 Å². The standard InChI is InChI=1S/C13H18N2O2/c1-13(2)9-15(3)14-12(17-13)10-7-5-6-8-11(10)16-4/h5-8H,9H2,1-4H3. The van der Waals surface area contributed by atoms with E-state index in [0.29, 0.717) is 5.90 Å². The van der Waals surface area contributed by atoms with Crippen LogP contribution in [0.2, 0.25) is 0 Å². The van der Waals surface area contributed by atoms with Gasteiger partial charge in [-0.05, 0) is 26.0 Å². The molecule has 0 atom stereocenters. The maximum absolute atomic E-state index is 5.90. The second kappa shape index (κ2) is 4.28. The van der Waals surface area contributed by atoms with Crippen molar-refractivity contribution in [1.29, 1.82) is 0 Å². The second-order valence-electron chi connectivity index (χ2n) is 4.78. The van der Waals surface area contributed by atoms with Gasteiger partial charge in [-0.3, -0.25) is 5.01 Å². The topological polar surface area (TPSA) is 34.1 Å². The predicted molar refractivity (Wildman–Crippen MR) is 67.3 cm³/mol. The maximum atomic E-state index is 5.90. The number of benzene rings is 1. The normalized spacial score (nSPS) is 18.4. The number of ether oxygens (including phenoxy) is 2. The van der Waals surface area contributed by atoms with Crippen molar-refractivity contribution in [3.8, 4) is 5.75 Å². The Bertz CT molecular complexity index is 441. The third-order valence-electron chi connectivity index (χ3n) is 2.58. The first-order valence-electron chi connectivity index (χ1n) is 5.64. The predicted octanol–water partition coefficient (Wildman–Crippen LogP) is 2.10. The smallest absolute Gasteiger partial charge is 0.242 e. The summed E-state index contributed by atoms with van der Waals surface area (Å²) in [5.41, 5.74) is 0.641. The van der Waals surface area contributed by atoms with E-state index in [9.17, 15) is 0 Å². The molecule has 0 aliphatic carbocycles. The number of hydrogen-bond acceptors (Lipinski definition) is 4. The molecule has 0 aromatic heterocycles. The van der Waals surface area contributed by atoms with E-state index in [2.05, 4.69) is 5.10 Å².